The SMILES string of the molecule is COc1ccc(CC(=O)NCC2CC(=O)N(c3ccc4c(c3)OCO4)C2)cc1OC. The minimum Gasteiger partial charge on any atom is -0.493 e. The van der Waals surface area contributed by atoms with Gasteiger partial charge in [0.25, 0.3) is 0 Å². The summed E-state index contributed by atoms with van der Waals surface area (Å²) in [6.45, 7) is 1.19. The highest BCUT2D eigenvalue weighted by atomic mass is 16.7. The van der Waals surface area contributed by atoms with Crippen LogP contribution in [0, 0.1) is 5.92 Å². The van der Waals surface area contributed by atoms with Gasteiger partial charge in [0.1, 0.15) is 0 Å². The van der Waals surface area contributed by atoms with E-state index in [4.69, 9.17) is 18.9 Å². The van der Waals surface area contributed by atoms with Crippen LogP contribution < -0.4 is 29.2 Å². The van der Waals surface area contributed by atoms with Crippen molar-refractivity contribution in [3.8, 4) is 23.0 Å². The van der Waals surface area contributed by atoms with Crippen molar-refractivity contribution in [2.45, 2.75) is 12.8 Å². The zero-order chi connectivity index (χ0) is 21.1. The molecule has 4 rings (SSSR count). The van der Waals surface area contributed by atoms with Crippen LogP contribution in [0.2, 0.25) is 0 Å². The molecule has 0 aliphatic carbocycles. The largest absolute Gasteiger partial charge is 0.493 e. The van der Waals surface area contributed by atoms with E-state index in [0.29, 0.717) is 42.5 Å². The van der Waals surface area contributed by atoms with Crippen molar-refractivity contribution in [2.75, 3.05) is 39.0 Å². The van der Waals surface area contributed by atoms with Gasteiger partial charge in [-0.25, -0.2) is 0 Å². The molecule has 2 aliphatic heterocycles. The molecule has 2 aromatic carbocycles. The molecular formula is C22H24N2O6. The number of ether oxygens (including phenoxy) is 4. The highest BCUT2D eigenvalue weighted by molar-refractivity contribution is 5.96. The van der Waals surface area contributed by atoms with Crippen LogP contribution in [-0.4, -0.2) is 45.9 Å². The van der Waals surface area contributed by atoms with Crippen LogP contribution in [0.3, 0.4) is 0 Å². The molecule has 2 aromatic rings. The topological polar surface area (TPSA) is 86.3 Å². The van der Waals surface area contributed by atoms with Gasteiger partial charge < -0.3 is 29.2 Å². The Hall–Kier alpha value is -3.42. The summed E-state index contributed by atoms with van der Waals surface area (Å²) < 4.78 is 21.2. The van der Waals surface area contributed by atoms with Crippen LogP contribution in [0.4, 0.5) is 5.69 Å². The number of carbonyl (C=O) groups is 2. The first-order valence-corrected chi connectivity index (χ1v) is 9.75. The second-order valence-electron chi connectivity index (χ2n) is 7.28. The average molecular weight is 412 g/mol. The Kier molecular flexibility index (Phi) is 5.65. The summed E-state index contributed by atoms with van der Waals surface area (Å²) >= 11 is 0. The molecule has 0 aromatic heterocycles. The molecule has 2 aliphatic rings. The Bertz CT molecular complexity index is 961. The van der Waals surface area contributed by atoms with E-state index < -0.39 is 0 Å². The van der Waals surface area contributed by atoms with E-state index in [-0.39, 0.29) is 30.9 Å². The molecule has 8 heteroatoms. The van der Waals surface area contributed by atoms with Gasteiger partial charge in [0, 0.05) is 37.2 Å². The smallest absolute Gasteiger partial charge is 0.231 e. The first kappa shape index (κ1) is 19.9. The minimum absolute atomic E-state index is 0.0352. The molecular weight excluding hydrogens is 388 g/mol. The summed E-state index contributed by atoms with van der Waals surface area (Å²) in [7, 11) is 3.13. The summed E-state index contributed by atoms with van der Waals surface area (Å²) in [4.78, 5) is 26.6. The number of nitrogens with zero attached hydrogens (tertiary/aromatic N) is 1. The lowest BCUT2D eigenvalue weighted by Gasteiger charge is -2.17. The Labute approximate surface area is 174 Å². The number of hydrogen-bond acceptors (Lipinski definition) is 6. The maximum absolute atomic E-state index is 12.5. The fraction of sp³-hybridized carbons (Fsp3) is 0.364. The van der Waals surface area contributed by atoms with Gasteiger partial charge in [-0.2, -0.15) is 0 Å². The second kappa shape index (κ2) is 8.52. The molecule has 0 radical (unpaired) electrons. The molecule has 0 bridgehead atoms. The number of anilines is 1. The molecule has 2 amide bonds. The normalized spacial score (nSPS) is 17.2. The third-order valence-corrected chi connectivity index (χ3v) is 5.27. The number of rotatable bonds is 7. The number of hydrogen-bond donors (Lipinski definition) is 1. The molecule has 0 spiro atoms. The second-order valence-corrected chi connectivity index (χ2v) is 7.28. The van der Waals surface area contributed by atoms with E-state index in [1.54, 1.807) is 31.3 Å². The molecule has 158 valence electrons. The zero-order valence-electron chi connectivity index (χ0n) is 17.0. The highest BCUT2D eigenvalue weighted by Crippen LogP contribution is 2.37. The monoisotopic (exact) mass is 412 g/mol. The average Bonchev–Trinajstić information content (AvgIpc) is 3.37. The maximum Gasteiger partial charge on any atom is 0.231 e. The van der Waals surface area contributed by atoms with Crippen LogP contribution in [0.5, 0.6) is 23.0 Å². The number of carbonyl (C=O) groups excluding carboxylic acids is 2. The molecule has 1 fully saturated rings. The Morgan fingerprint density at radius 2 is 1.90 bits per heavy atom. The van der Waals surface area contributed by atoms with Crippen molar-refractivity contribution in [3.63, 3.8) is 0 Å². The predicted molar refractivity (Wildman–Crippen MR) is 109 cm³/mol. The van der Waals surface area contributed by atoms with Crippen LogP contribution >= 0.6 is 0 Å². The Morgan fingerprint density at radius 1 is 1.10 bits per heavy atom. The predicted octanol–water partition coefficient (Wildman–Crippen LogP) is 2.14. The molecule has 1 saturated heterocycles. The molecule has 1 atom stereocenters. The molecule has 0 saturated carbocycles. The van der Waals surface area contributed by atoms with Crippen molar-refractivity contribution in [1.82, 2.24) is 5.32 Å². The number of amides is 2. The summed E-state index contributed by atoms with van der Waals surface area (Å²) in [6, 6.07) is 10.9. The molecule has 8 nitrogen and oxygen atoms in total. The van der Waals surface area contributed by atoms with Crippen LogP contribution in [0.1, 0.15) is 12.0 Å². The van der Waals surface area contributed by atoms with Crippen molar-refractivity contribution in [1.29, 1.82) is 0 Å². The number of nitrogens with one attached hydrogen (secondary N) is 1. The van der Waals surface area contributed by atoms with Crippen LogP contribution in [0.25, 0.3) is 0 Å². The summed E-state index contributed by atoms with van der Waals surface area (Å²) in [5, 5.41) is 2.94. The van der Waals surface area contributed by atoms with Crippen LogP contribution in [0.15, 0.2) is 36.4 Å². The first-order chi connectivity index (χ1) is 14.6. The fourth-order valence-corrected chi connectivity index (χ4v) is 3.72. The molecule has 2 heterocycles. The van der Waals surface area contributed by atoms with Gasteiger partial charge in [0.15, 0.2) is 23.0 Å². The van der Waals surface area contributed by atoms with E-state index in [9.17, 15) is 9.59 Å². The first-order valence-electron chi connectivity index (χ1n) is 9.75. The molecule has 30 heavy (non-hydrogen) atoms. The fourth-order valence-electron chi connectivity index (χ4n) is 3.72. The third kappa shape index (κ3) is 4.12. The van der Waals surface area contributed by atoms with Crippen molar-refractivity contribution in [2.24, 2.45) is 5.92 Å². The number of fused-ring (bicyclic) bond motifs is 1. The van der Waals surface area contributed by atoms with E-state index in [0.717, 1.165) is 11.3 Å². The van der Waals surface area contributed by atoms with Crippen molar-refractivity contribution in [3.05, 3.63) is 42.0 Å². The summed E-state index contributed by atoms with van der Waals surface area (Å²) in [5.41, 5.74) is 1.61. The van der Waals surface area contributed by atoms with Crippen LogP contribution in [-0.2, 0) is 16.0 Å². The van der Waals surface area contributed by atoms with E-state index in [1.807, 2.05) is 24.3 Å². The Morgan fingerprint density at radius 3 is 2.70 bits per heavy atom. The van der Waals surface area contributed by atoms with Gasteiger partial charge in [0.05, 0.1) is 20.6 Å². The quantitative estimate of drug-likeness (QED) is 0.750. The standard InChI is InChI=1S/C22H24N2O6/c1-27-17-5-3-14(7-19(17)28-2)8-21(25)23-11-15-9-22(26)24(12-15)16-4-6-18-20(10-16)30-13-29-18/h3-7,10,15H,8-9,11-13H2,1-2H3,(H,23,25). The lowest BCUT2D eigenvalue weighted by atomic mass is 10.1. The van der Waals surface area contributed by atoms with Gasteiger partial charge in [-0.3, -0.25) is 9.59 Å². The molecule has 1 unspecified atom stereocenters. The summed E-state index contributed by atoms with van der Waals surface area (Å²) in [6.07, 6.45) is 0.623. The van der Waals surface area contributed by atoms with Crippen molar-refractivity contribution < 1.29 is 28.5 Å². The van der Waals surface area contributed by atoms with E-state index in [2.05, 4.69) is 5.32 Å². The molecule has 1 N–H and O–H groups in total. The maximum atomic E-state index is 12.5. The number of methoxy groups -OCH3 is 2. The zero-order valence-corrected chi connectivity index (χ0v) is 17.0. The van der Waals surface area contributed by atoms with Gasteiger partial charge in [-0.1, -0.05) is 6.07 Å². The van der Waals surface area contributed by atoms with E-state index in [1.165, 1.54) is 0 Å². The van der Waals surface area contributed by atoms with Crippen molar-refractivity contribution >= 4 is 17.5 Å². The summed E-state index contributed by atoms with van der Waals surface area (Å²) in [5.74, 6) is 2.52. The lowest BCUT2D eigenvalue weighted by molar-refractivity contribution is -0.121. The van der Waals surface area contributed by atoms with Gasteiger partial charge in [-0.15, -0.1) is 0 Å². The van der Waals surface area contributed by atoms with Gasteiger partial charge in [-0.05, 0) is 29.8 Å². The minimum atomic E-state index is -0.101. The Balaban J connectivity index is 1.31. The third-order valence-electron chi connectivity index (χ3n) is 5.27. The lowest BCUT2D eigenvalue weighted by Crippen LogP contribution is -2.32. The van der Waals surface area contributed by atoms with Gasteiger partial charge >= 0.3 is 0 Å². The highest BCUT2D eigenvalue weighted by Gasteiger charge is 2.31. The van der Waals surface area contributed by atoms with Gasteiger partial charge in [0.2, 0.25) is 18.6 Å². The van der Waals surface area contributed by atoms with E-state index >= 15 is 0 Å². The number of benzene rings is 2.